The molecule has 0 bridgehead atoms. The third-order valence-corrected chi connectivity index (χ3v) is 5.19. The van der Waals surface area contributed by atoms with Crippen molar-refractivity contribution in [3.63, 3.8) is 0 Å². The molecule has 110 valence electrons. The molecule has 2 N–H and O–H groups in total. The number of rotatable bonds is 6. The third-order valence-electron chi connectivity index (χ3n) is 2.72. The van der Waals surface area contributed by atoms with Gasteiger partial charge in [-0.15, -0.1) is 17.9 Å². The van der Waals surface area contributed by atoms with Gasteiger partial charge in [0, 0.05) is 33.7 Å². The lowest BCUT2D eigenvalue weighted by Crippen LogP contribution is -2.23. The second-order valence-corrected chi connectivity index (χ2v) is 6.86. The van der Waals surface area contributed by atoms with Crippen LogP contribution in [0.4, 0.5) is 5.69 Å². The Balaban J connectivity index is 1.93. The summed E-state index contributed by atoms with van der Waals surface area (Å²) < 4.78 is 1.67. The van der Waals surface area contributed by atoms with E-state index in [1.165, 1.54) is 11.3 Å². The lowest BCUT2D eigenvalue weighted by Gasteiger charge is -2.06. The number of thiophene rings is 1. The van der Waals surface area contributed by atoms with Crippen LogP contribution in [0.3, 0.4) is 0 Å². The van der Waals surface area contributed by atoms with E-state index in [-0.39, 0.29) is 5.91 Å². The van der Waals surface area contributed by atoms with E-state index in [1.54, 1.807) is 18.2 Å². The molecule has 2 aromatic rings. The quantitative estimate of drug-likeness (QED) is 0.708. The average molecular weight is 386 g/mol. The van der Waals surface area contributed by atoms with Gasteiger partial charge in [-0.3, -0.25) is 4.79 Å². The highest BCUT2D eigenvalue weighted by atomic mass is 79.9. The molecule has 0 radical (unpaired) electrons. The standard InChI is InChI=1S/C15H14BrClN2OS/c1-2-7-18-15(20)10-3-5-11(6-4-10)19-9-12-8-13(16)14(17)21-12/h2-6,8,19H,1,7,9H2,(H,18,20). The maximum Gasteiger partial charge on any atom is 0.251 e. The fraction of sp³-hybridized carbons (Fsp3) is 0.133. The fourth-order valence-electron chi connectivity index (χ4n) is 1.67. The van der Waals surface area contributed by atoms with Crippen molar-refractivity contribution >= 4 is 50.5 Å². The Morgan fingerprint density at radius 1 is 1.38 bits per heavy atom. The Hall–Kier alpha value is -1.30. The first-order valence-electron chi connectivity index (χ1n) is 6.27. The summed E-state index contributed by atoms with van der Waals surface area (Å²) in [6, 6.07) is 9.34. The zero-order chi connectivity index (χ0) is 15.2. The Bertz CT molecular complexity index is 620. The molecule has 0 atom stereocenters. The summed E-state index contributed by atoms with van der Waals surface area (Å²) in [5, 5.41) is 6.03. The lowest BCUT2D eigenvalue weighted by molar-refractivity contribution is 0.0958. The molecular formula is C15H14BrClN2OS. The minimum Gasteiger partial charge on any atom is -0.380 e. The first-order chi connectivity index (χ1) is 10.1. The number of carbonyl (C=O) groups is 1. The van der Waals surface area contributed by atoms with Crippen LogP contribution in [0.2, 0.25) is 4.34 Å². The first kappa shape index (κ1) is 16.1. The highest BCUT2D eigenvalue weighted by Gasteiger charge is 2.06. The van der Waals surface area contributed by atoms with E-state index in [9.17, 15) is 4.79 Å². The molecule has 0 aliphatic rings. The summed E-state index contributed by atoms with van der Waals surface area (Å²) in [4.78, 5) is 12.9. The van der Waals surface area contributed by atoms with Gasteiger partial charge in [0.2, 0.25) is 0 Å². The Morgan fingerprint density at radius 3 is 2.67 bits per heavy atom. The van der Waals surface area contributed by atoms with Crippen LogP contribution in [0.1, 0.15) is 15.2 Å². The van der Waals surface area contributed by atoms with Gasteiger partial charge in [0.25, 0.3) is 5.91 Å². The van der Waals surface area contributed by atoms with Gasteiger partial charge in [-0.2, -0.15) is 0 Å². The average Bonchev–Trinajstić information content (AvgIpc) is 2.82. The van der Waals surface area contributed by atoms with Crippen LogP contribution < -0.4 is 10.6 Å². The third kappa shape index (κ3) is 4.59. The highest BCUT2D eigenvalue weighted by molar-refractivity contribution is 9.10. The van der Waals surface area contributed by atoms with Crippen LogP contribution in [-0.4, -0.2) is 12.5 Å². The van der Waals surface area contributed by atoms with Crippen molar-refractivity contribution in [3.05, 3.63) is 62.2 Å². The van der Waals surface area contributed by atoms with Crippen molar-refractivity contribution < 1.29 is 4.79 Å². The Labute approximate surface area is 141 Å². The molecule has 0 fully saturated rings. The molecule has 1 aromatic heterocycles. The molecular weight excluding hydrogens is 372 g/mol. The molecule has 3 nitrogen and oxygen atoms in total. The predicted octanol–water partition coefficient (Wildman–Crippen LogP) is 4.69. The van der Waals surface area contributed by atoms with Gasteiger partial charge >= 0.3 is 0 Å². The second-order valence-electron chi connectivity index (χ2n) is 4.26. The molecule has 2 rings (SSSR count). The molecule has 6 heteroatoms. The van der Waals surface area contributed by atoms with Crippen LogP contribution in [0.5, 0.6) is 0 Å². The van der Waals surface area contributed by atoms with Crippen molar-refractivity contribution in [1.82, 2.24) is 5.32 Å². The zero-order valence-corrected chi connectivity index (χ0v) is 14.3. The van der Waals surface area contributed by atoms with E-state index >= 15 is 0 Å². The van der Waals surface area contributed by atoms with E-state index in [0.29, 0.717) is 18.7 Å². The molecule has 0 aliphatic heterocycles. The summed E-state index contributed by atoms with van der Waals surface area (Å²) in [7, 11) is 0. The molecule has 0 saturated carbocycles. The van der Waals surface area contributed by atoms with Crippen molar-refractivity contribution in [1.29, 1.82) is 0 Å². The molecule has 21 heavy (non-hydrogen) atoms. The molecule has 1 aromatic carbocycles. The van der Waals surface area contributed by atoms with E-state index in [0.717, 1.165) is 19.4 Å². The van der Waals surface area contributed by atoms with Gasteiger partial charge < -0.3 is 10.6 Å². The summed E-state index contributed by atoms with van der Waals surface area (Å²) in [5.41, 5.74) is 1.58. The highest BCUT2D eigenvalue weighted by Crippen LogP contribution is 2.32. The number of nitrogens with one attached hydrogen (secondary N) is 2. The smallest absolute Gasteiger partial charge is 0.251 e. The van der Waals surface area contributed by atoms with Gasteiger partial charge in [0.15, 0.2) is 0 Å². The zero-order valence-electron chi connectivity index (χ0n) is 11.2. The fourth-order valence-corrected chi connectivity index (χ4v) is 3.40. The number of benzene rings is 1. The van der Waals surface area contributed by atoms with Crippen molar-refractivity contribution in [2.45, 2.75) is 6.54 Å². The Kier molecular flexibility index (Phi) is 5.85. The molecule has 1 amide bonds. The number of hydrogen-bond donors (Lipinski definition) is 2. The number of anilines is 1. The van der Waals surface area contributed by atoms with Gasteiger partial charge in [0.1, 0.15) is 4.34 Å². The predicted molar refractivity (Wildman–Crippen MR) is 93.3 cm³/mol. The summed E-state index contributed by atoms with van der Waals surface area (Å²) >= 11 is 10.9. The van der Waals surface area contributed by atoms with Gasteiger partial charge in [-0.25, -0.2) is 0 Å². The molecule has 0 saturated heterocycles. The van der Waals surface area contributed by atoms with Crippen LogP contribution >= 0.6 is 38.9 Å². The van der Waals surface area contributed by atoms with Gasteiger partial charge in [-0.1, -0.05) is 17.7 Å². The van der Waals surface area contributed by atoms with Gasteiger partial charge in [-0.05, 0) is 46.3 Å². The number of halogens is 2. The van der Waals surface area contributed by atoms with Crippen molar-refractivity contribution in [2.24, 2.45) is 0 Å². The number of amides is 1. The van der Waals surface area contributed by atoms with Crippen LogP contribution in [0.25, 0.3) is 0 Å². The topological polar surface area (TPSA) is 41.1 Å². The van der Waals surface area contributed by atoms with E-state index < -0.39 is 0 Å². The minimum absolute atomic E-state index is 0.101. The second kappa shape index (κ2) is 7.64. The summed E-state index contributed by atoms with van der Waals surface area (Å²) in [6.07, 6.45) is 1.65. The molecule has 1 heterocycles. The largest absolute Gasteiger partial charge is 0.380 e. The lowest BCUT2D eigenvalue weighted by atomic mass is 10.2. The monoisotopic (exact) mass is 384 g/mol. The summed E-state index contributed by atoms with van der Waals surface area (Å²) in [5.74, 6) is -0.101. The van der Waals surface area contributed by atoms with Crippen molar-refractivity contribution in [2.75, 3.05) is 11.9 Å². The molecule has 0 spiro atoms. The van der Waals surface area contributed by atoms with Crippen LogP contribution in [0.15, 0.2) is 47.5 Å². The SMILES string of the molecule is C=CCNC(=O)c1ccc(NCc2cc(Br)c(Cl)s2)cc1. The van der Waals surface area contributed by atoms with Crippen LogP contribution in [-0.2, 0) is 6.54 Å². The first-order valence-corrected chi connectivity index (χ1v) is 8.25. The van der Waals surface area contributed by atoms with E-state index in [2.05, 4.69) is 33.1 Å². The minimum atomic E-state index is -0.101. The van der Waals surface area contributed by atoms with E-state index in [1.807, 2.05) is 18.2 Å². The maximum absolute atomic E-state index is 11.7. The molecule has 0 aliphatic carbocycles. The van der Waals surface area contributed by atoms with Crippen LogP contribution in [0, 0.1) is 0 Å². The maximum atomic E-state index is 11.7. The number of hydrogen-bond acceptors (Lipinski definition) is 3. The number of carbonyl (C=O) groups excluding carboxylic acids is 1. The Morgan fingerprint density at radius 2 is 2.10 bits per heavy atom. The summed E-state index contributed by atoms with van der Waals surface area (Å²) in [6.45, 7) is 4.72. The molecule has 0 unspecified atom stereocenters. The van der Waals surface area contributed by atoms with Crippen molar-refractivity contribution in [3.8, 4) is 0 Å². The van der Waals surface area contributed by atoms with Gasteiger partial charge in [0.05, 0.1) is 0 Å². The van der Waals surface area contributed by atoms with E-state index in [4.69, 9.17) is 11.6 Å². The normalized spacial score (nSPS) is 10.2.